The summed E-state index contributed by atoms with van der Waals surface area (Å²) in [5.74, 6) is -1.10. The van der Waals surface area contributed by atoms with E-state index in [0.717, 1.165) is 47.6 Å². The summed E-state index contributed by atoms with van der Waals surface area (Å²) in [6.07, 6.45) is 1.45. The first-order valence-corrected chi connectivity index (χ1v) is 16.2. The van der Waals surface area contributed by atoms with Gasteiger partial charge >= 0.3 is 0 Å². The van der Waals surface area contributed by atoms with Crippen molar-refractivity contribution in [3.8, 4) is 45.3 Å². The Morgan fingerprint density at radius 1 is 1.11 bits per heavy atom. The molecule has 5 aromatic rings. The summed E-state index contributed by atoms with van der Waals surface area (Å²) in [5, 5.41) is 17.1. The van der Waals surface area contributed by atoms with Crippen LogP contribution in [0.5, 0.6) is 11.5 Å². The second-order valence-corrected chi connectivity index (χ2v) is 12.7. The van der Waals surface area contributed by atoms with E-state index in [1.54, 1.807) is 4.90 Å². The van der Waals surface area contributed by atoms with Crippen LogP contribution in [0.25, 0.3) is 43.9 Å². The van der Waals surface area contributed by atoms with Crippen molar-refractivity contribution in [1.82, 2.24) is 24.6 Å². The number of amides is 1. The maximum Gasteiger partial charge on any atom is 0.246 e. The van der Waals surface area contributed by atoms with Gasteiger partial charge in [-0.3, -0.25) is 14.4 Å². The molecule has 1 N–H and O–H groups in total. The van der Waals surface area contributed by atoms with Gasteiger partial charge in [-0.15, -0.1) is 11.3 Å². The minimum Gasteiger partial charge on any atom is -0.490 e. The summed E-state index contributed by atoms with van der Waals surface area (Å²) in [6.45, 7) is 7.73. The molecule has 1 fully saturated rings. The number of aliphatic hydroxyl groups is 1. The van der Waals surface area contributed by atoms with Crippen molar-refractivity contribution >= 4 is 27.3 Å². The van der Waals surface area contributed by atoms with Crippen molar-refractivity contribution in [2.45, 2.75) is 25.6 Å². The number of rotatable bonds is 9. The van der Waals surface area contributed by atoms with Crippen LogP contribution >= 0.6 is 11.3 Å². The van der Waals surface area contributed by atoms with Gasteiger partial charge in [0.1, 0.15) is 47.2 Å². The predicted molar refractivity (Wildman–Crippen MR) is 176 cm³/mol. The van der Waals surface area contributed by atoms with E-state index in [-0.39, 0.29) is 42.6 Å². The van der Waals surface area contributed by atoms with Crippen LogP contribution in [0.1, 0.15) is 18.7 Å². The van der Waals surface area contributed by atoms with Gasteiger partial charge in [0.05, 0.1) is 36.1 Å². The fourth-order valence-corrected chi connectivity index (χ4v) is 7.31. The molecular formula is C35H33F2N5O4S. The number of carbonyl (C=O) groups excluding carboxylic acids is 1. The monoisotopic (exact) mass is 657 g/mol. The van der Waals surface area contributed by atoms with Crippen molar-refractivity contribution < 1.29 is 28.2 Å². The Kier molecular flexibility index (Phi) is 8.25. The van der Waals surface area contributed by atoms with E-state index in [1.807, 2.05) is 53.4 Å². The Balaban J connectivity index is 1.42. The molecule has 1 saturated heterocycles. The highest BCUT2D eigenvalue weighted by molar-refractivity contribution is 7.18. The van der Waals surface area contributed by atoms with Gasteiger partial charge in [0.15, 0.2) is 0 Å². The number of halogens is 2. The molecule has 7 rings (SSSR count). The van der Waals surface area contributed by atoms with Gasteiger partial charge in [0.2, 0.25) is 5.91 Å². The number of thiophene rings is 1. The van der Waals surface area contributed by atoms with E-state index in [1.165, 1.54) is 17.4 Å². The summed E-state index contributed by atoms with van der Waals surface area (Å²) in [7, 11) is 2.05. The fraction of sp³-hybridized carbons (Fsp3) is 0.286. The van der Waals surface area contributed by atoms with Crippen molar-refractivity contribution in [2.75, 3.05) is 39.9 Å². The molecule has 0 spiro atoms. The van der Waals surface area contributed by atoms with Crippen molar-refractivity contribution in [2.24, 2.45) is 0 Å². The topological polar surface area (TPSA) is 93.0 Å². The van der Waals surface area contributed by atoms with E-state index in [9.17, 15) is 14.3 Å². The molecule has 242 valence electrons. The van der Waals surface area contributed by atoms with Gasteiger partial charge in [0, 0.05) is 53.0 Å². The van der Waals surface area contributed by atoms with Crippen LogP contribution in [0.15, 0.2) is 66.6 Å². The van der Waals surface area contributed by atoms with E-state index >= 15 is 4.39 Å². The van der Waals surface area contributed by atoms with E-state index < -0.39 is 11.6 Å². The van der Waals surface area contributed by atoms with Crippen LogP contribution in [0.3, 0.4) is 0 Å². The van der Waals surface area contributed by atoms with E-state index in [4.69, 9.17) is 19.6 Å². The lowest BCUT2D eigenvalue weighted by Gasteiger charge is -2.36. The molecule has 2 aromatic carbocycles. The molecular weight excluding hydrogens is 624 g/mol. The Hall–Kier alpha value is -4.65. The standard InChI is InChI=1S/C35H33F2N5O4S/c1-4-30(44)41-10-11-42-28(20(41)2)17-27(39-42)34-32(31-26(37)15-22(36)16-29(31)45-13-12-43)35-25(9-14-47-35)33(38-34)21-5-7-23(8-6-21)46-24-18-40(3)19-24/h4-9,14-17,20,24,43H,1,10-13,18-19H2,2-3H3. The summed E-state index contributed by atoms with van der Waals surface area (Å²) >= 11 is 1.40. The van der Waals surface area contributed by atoms with Gasteiger partial charge < -0.3 is 19.5 Å². The fourth-order valence-electron chi connectivity index (χ4n) is 6.36. The number of fused-ring (bicyclic) bond motifs is 2. The third-order valence-electron chi connectivity index (χ3n) is 8.65. The number of aromatic nitrogens is 3. The normalized spacial score (nSPS) is 16.6. The maximum absolute atomic E-state index is 16.0. The zero-order chi connectivity index (χ0) is 32.8. The number of carbonyl (C=O) groups is 1. The lowest BCUT2D eigenvalue weighted by Crippen LogP contribution is -2.51. The highest BCUT2D eigenvalue weighted by Crippen LogP contribution is 2.47. The molecule has 47 heavy (non-hydrogen) atoms. The summed E-state index contributed by atoms with van der Waals surface area (Å²) < 4.78 is 44.8. The van der Waals surface area contributed by atoms with Gasteiger partial charge in [-0.2, -0.15) is 5.10 Å². The van der Waals surface area contributed by atoms with E-state index in [0.29, 0.717) is 40.4 Å². The Morgan fingerprint density at radius 3 is 2.62 bits per heavy atom. The third kappa shape index (κ3) is 5.66. The number of ether oxygens (including phenoxy) is 2. The summed E-state index contributed by atoms with van der Waals surface area (Å²) in [4.78, 5) is 21.7. The number of likely N-dealkylation sites (tertiary alicyclic amines) is 1. The molecule has 0 radical (unpaired) electrons. The molecule has 0 bridgehead atoms. The first kappa shape index (κ1) is 31.0. The van der Waals surface area contributed by atoms with E-state index in [2.05, 4.69) is 18.5 Å². The average Bonchev–Trinajstić information content (AvgIpc) is 3.71. The first-order chi connectivity index (χ1) is 22.7. The largest absolute Gasteiger partial charge is 0.490 e. The zero-order valence-electron chi connectivity index (χ0n) is 26.0. The van der Waals surface area contributed by atoms with Gasteiger partial charge in [-0.1, -0.05) is 6.58 Å². The second kappa shape index (κ2) is 12.5. The Labute approximate surface area is 274 Å². The van der Waals surface area contributed by atoms with Gasteiger partial charge in [-0.05, 0) is 61.8 Å². The molecule has 1 unspecified atom stereocenters. The lowest BCUT2D eigenvalue weighted by atomic mass is 9.96. The van der Waals surface area contributed by atoms with Crippen molar-refractivity contribution in [3.63, 3.8) is 0 Å². The quantitative estimate of drug-likeness (QED) is 0.197. The maximum atomic E-state index is 16.0. The SMILES string of the molecule is C=CC(=O)N1CCn2nc(-c3nc(-c4ccc(OC5CN(C)C5)cc4)c4ccsc4c3-c3c(F)cc(F)cc3OCCO)cc2C1C. The molecule has 9 nitrogen and oxygen atoms in total. The minimum absolute atomic E-state index is 0.0260. The van der Waals surface area contributed by atoms with Crippen molar-refractivity contribution in [1.29, 1.82) is 0 Å². The number of nitrogens with zero attached hydrogens (tertiary/aromatic N) is 5. The molecule has 5 heterocycles. The minimum atomic E-state index is -0.827. The first-order valence-electron chi connectivity index (χ1n) is 15.4. The number of hydrogen-bond acceptors (Lipinski definition) is 8. The molecule has 2 aliphatic rings. The average molecular weight is 658 g/mol. The molecule has 0 saturated carbocycles. The molecule has 0 aliphatic carbocycles. The third-order valence-corrected chi connectivity index (χ3v) is 9.58. The highest BCUT2D eigenvalue weighted by Gasteiger charge is 2.31. The van der Waals surface area contributed by atoms with Crippen LogP contribution in [0, 0.1) is 11.6 Å². The number of hydrogen-bond donors (Lipinski definition) is 1. The number of benzene rings is 2. The molecule has 2 aliphatic heterocycles. The number of likely N-dealkylation sites (N-methyl/N-ethyl adjacent to an activating group) is 1. The summed E-state index contributed by atoms with van der Waals surface area (Å²) in [6, 6.07) is 13.2. The molecule has 3 aromatic heterocycles. The van der Waals surface area contributed by atoms with Crippen LogP contribution in [0.4, 0.5) is 8.78 Å². The lowest BCUT2D eigenvalue weighted by molar-refractivity contribution is -0.129. The summed E-state index contributed by atoms with van der Waals surface area (Å²) in [5.41, 5.74) is 3.56. The van der Waals surface area contributed by atoms with Crippen molar-refractivity contribution in [3.05, 3.63) is 83.9 Å². The Morgan fingerprint density at radius 2 is 1.89 bits per heavy atom. The Bertz CT molecular complexity index is 1990. The van der Waals surface area contributed by atoms with Crippen LogP contribution in [-0.4, -0.2) is 81.6 Å². The van der Waals surface area contributed by atoms with Crippen LogP contribution in [0.2, 0.25) is 0 Å². The van der Waals surface area contributed by atoms with Crippen LogP contribution in [-0.2, 0) is 11.3 Å². The molecule has 12 heteroatoms. The second-order valence-electron chi connectivity index (χ2n) is 11.8. The van der Waals surface area contributed by atoms with Gasteiger partial charge in [0.25, 0.3) is 0 Å². The number of pyridine rings is 1. The smallest absolute Gasteiger partial charge is 0.246 e. The highest BCUT2D eigenvalue weighted by atomic mass is 32.1. The molecule has 1 amide bonds. The molecule has 1 atom stereocenters. The zero-order valence-corrected chi connectivity index (χ0v) is 26.8. The predicted octanol–water partition coefficient (Wildman–Crippen LogP) is 5.93. The number of aliphatic hydroxyl groups excluding tert-OH is 1. The van der Waals surface area contributed by atoms with Gasteiger partial charge in [-0.25, -0.2) is 13.8 Å². The van der Waals surface area contributed by atoms with Crippen LogP contribution < -0.4 is 9.47 Å².